The number of aliphatic hydroxyl groups excluding tert-OH is 1. The second-order valence-electron chi connectivity index (χ2n) is 3.94. The van der Waals surface area contributed by atoms with E-state index in [-0.39, 0.29) is 6.61 Å². The van der Waals surface area contributed by atoms with Crippen molar-refractivity contribution in [2.24, 2.45) is 5.92 Å². The third-order valence-corrected chi connectivity index (χ3v) is 2.95. The zero-order valence-corrected chi connectivity index (χ0v) is 11.1. The fourth-order valence-corrected chi connectivity index (χ4v) is 2.31. The predicted molar refractivity (Wildman–Crippen MR) is 66.0 cm³/mol. The lowest BCUT2D eigenvalue weighted by Crippen LogP contribution is -2.29. The molecule has 0 saturated heterocycles. The maximum absolute atomic E-state index is 8.88. The Labute approximate surface area is 96.8 Å². The van der Waals surface area contributed by atoms with E-state index < -0.39 is 0 Å². The summed E-state index contributed by atoms with van der Waals surface area (Å²) in [6.45, 7) is 7.84. The number of rotatable bonds is 9. The minimum Gasteiger partial charge on any atom is -0.395 e. The smallest absolute Gasteiger partial charge is 0.0558 e. The second-order valence-corrected chi connectivity index (χ2v) is 4.73. The highest BCUT2D eigenvalue weighted by Gasteiger charge is 2.06. The molecule has 0 saturated carbocycles. The van der Waals surface area contributed by atoms with Crippen molar-refractivity contribution < 1.29 is 5.11 Å². The molecule has 0 radical (unpaired) electrons. The van der Waals surface area contributed by atoms with Gasteiger partial charge in [0.25, 0.3) is 0 Å². The molecule has 0 aliphatic heterocycles. The van der Waals surface area contributed by atoms with Gasteiger partial charge in [-0.25, -0.2) is 0 Å². The van der Waals surface area contributed by atoms with Crippen molar-refractivity contribution in [2.75, 3.05) is 31.6 Å². The summed E-state index contributed by atoms with van der Waals surface area (Å²) < 4.78 is 0. The number of alkyl halides is 1. The Morgan fingerprint density at radius 1 is 1.21 bits per heavy atom. The van der Waals surface area contributed by atoms with E-state index >= 15 is 0 Å². The zero-order chi connectivity index (χ0) is 10.8. The lowest BCUT2D eigenvalue weighted by Gasteiger charge is -2.22. The van der Waals surface area contributed by atoms with E-state index in [1.54, 1.807) is 0 Å². The maximum Gasteiger partial charge on any atom is 0.0558 e. The molecule has 0 rings (SSSR count). The van der Waals surface area contributed by atoms with Crippen LogP contribution in [0.5, 0.6) is 0 Å². The molecule has 3 heteroatoms. The molecule has 0 heterocycles. The molecule has 1 unspecified atom stereocenters. The second kappa shape index (κ2) is 9.94. The predicted octanol–water partition coefficient (Wildman–Crippen LogP) is 2.50. The van der Waals surface area contributed by atoms with Gasteiger partial charge < -0.3 is 10.0 Å². The maximum atomic E-state index is 8.88. The molecular formula is C11H24BrNO. The molecule has 0 aromatic carbocycles. The summed E-state index contributed by atoms with van der Waals surface area (Å²) in [6.07, 6.45) is 3.66. The Hall–Kier alpha value is 0.400. The van der Waals surface area contributed by atoms with Crippen molar-refractivity contribution in [3.63, 3.8) is 0 Å². The third kappa shape index (κ3) is 7.77. The van der Waals surface area contributed by atoms with Gasteiger partial charge >= 0.3 is 0 Å². The van der Waals surface area contributed by atoms with E-state index in [1.165, 1.54) is 19.3 Å². The standard InChI is InChI=1S/C11H24BrNO/c1-3-7-13(9-10-14)8-5-11(2)4-6-12/h11,14H,3-10H2,1-2H3. The molecule has 0 amide bonds. The van der Waals surface area contributed by atoms with Crippen LogP contribution in [-0.2, 0) is 0 Å². The van der Waals surface area contributed by atoms with Crippen LogP contribution < -0.4 is 0 Å². The fraction of sp³-hybridized carbons (Fsp3) is 1.00. The summed E-state index contributed by atoms with van der Waals surface area (Å²) in [5.74, 6) is 0.785. The Morgan fingerprint density at radius 3 is 2.43 bits per heavy atom. The highest BCUT2D eigenvalue weighted by molar-refractivity contribution is 9.09. The lowest BCUT2D eigenvalue weighted by molar-refractivity contribution is 0.187. The van der Waals surface area contributed by atoms with Gasteiger partial charge in [-0.05, 0) is 38.3 Å². The molecule has 0 aliphatic carbocycles. The SMILES string of the molecule is CCCN(CCO)CCC(C)CCBr. The summed E-state index contributed by atoms with van der Waals surface area (Å²) in [5.41, 5.74) is 0. The van der Waals surface area contributed by atoms with Gasteiger partial charge in [0.2, 0.25) is 0 Å². The molecule has 86 valence electrons. The molecule has 0 aliphatic rings. The quantitative estimate of drug-likeness (QED) is 0.648. The van der Waals surface area contributed by atoms with Crippen LogP contribution in [-0.4, -0.2) is 41.6 Å². The number of halogens is 1. The van der Waals surface area contributed by atoms with Gasteiger partial charge in [0.15, 0.2) is 0 Å². The summed E-state index contributed by atoms with van der Waals surface area (Å²) >= 11 is 3.46. The van der Waals surface area contributed by atoms with E-state index in [4.69, 9.17) is 5.11 Å². The normalized spacial score (nSPS) is 13.5. The van der Waals surface area contributed by atoms with Gasteiger partial charge in [0.05, 0.1) is 6.61 Å². The van der Waals surface area contributed by atoms with Crippen LogP contribution >= 0.6 is 15.9 Å². The molecule has 14 heavy (non-hydrogen) atoms. The molecule has 0 bridgehead atoms. The van der Waals surface area contributed by atoms with Crippen LogP contribution in [0.4, 0.5) is 0 Å². The first-order chi connectivity index (χ1) is 6.74. The van der Waals surface area contributed by atoms with E-state index in [0.717, 1.165) is 30.9 Å². The molecule has 2 nitrogen and oxygen atoms in total. The lowest BCUT2D eigenvalue weighted by atomic mass is 10.1. The van der Waals surface area contributed by atoms with E-state index in [0.29, 0.717) is 0 Å². The summed E-state index contributed by atoms with van der Waals surface area (Å²) in [7, 11) is 0. The van der Waals surface area contributed by atoms with Gasteiger partial charge in [-0.15, -0.1) is 0 Å². The first-order valence-corrected chi connectivity index (χ1v) is 6.75. The third-order valence-electron chi connectivity index (χ3n) is 2.50. The van der Waals surface area contributed by atoms with E-state index in [9.17, 15) is 0 Å². The van der Waals surface area contributed by atoms with Crippen LogP contribution in [0.3, 0.4) is 0 Å². The van der Waals surface area contributed by atoms with Crippen LogP contribution in [0.25, 0.3) is 0 Å². The van der Waals surface area contributed by atoms with Crippen molar-refractivity contribution in [2.45, 2.75) is 33.1 Å². The van der Waals surface area contributed by atoms with Gasteiger partial charge in [-0.1, -0.05) is 29.8 Å². The molecular weight excluding hydrogens is 242 g/mol. The van der Waals surface area contributed by atoms with E-state index in [1.807, 2.05) is 0 Å². The highest BCUT2D eigenvalue weighted by Crippen LogP contribution is 2.10. The summed E-state index contributed by atoms with van der Waals surface area (Å²) in [5, 5.41) is 9.98. The minimum absolute atomic E-state index is 0.285. The summed E-state index contributed by atoms with van der Waals surface area (Å²) in [4.78, 5) is 2.35. The largest absolute Gasteiger partial charge is 0.395 e. The molecule has 0 spiro atoms. The average Bonchev–Trinajstić information content (AvgIpc) is 2.15. The van der Waals surface area contributed by atoms with Crippen LogP contribution in [0.2, 0.25) is 0 Å². The molecule has 0 aromatic heterocycles. The fourth-order valence-electron chi connectivity index (χ4n) is 1.53. The van der Waals surface area contributed by atoms with Gasteiger partial charge in [0, 0.05) is 11.9 Å². The van der Waals surface area contributed by atoms with Gasteiger partial charge in [-0.3, -0.25) is 0 Å². The van der Waals surface area contributed by atoms with Crippen molar-refractivity contribution in [3.8, 4) is 0 Å². The highest BCUT2D eigenvalue weighted by atomic mass is 79.9. The van der Waals surface area contributed by atoms with Crippen molar-refractivity contribution in [3.05, 3.63) is 0 Å². The Bertz CT molecular complexity index is 116. The first-order valence-electron chi connectivity index (χ1n) is 5.63. The first kappa shape index (κ1) is 14.4. The van der Waals surface area contributed by atoms with Crippen molar-refractivity contribution in [1.29, 1.82) is 0 Å². The molecule has 1 N–H and O–H groups in total. The minimum atomic E-state index is 0.285. The Balaban J connectivity index is 3.57. The Kier molecular flexibility index (Phi) is 10.2. The Morgan fingerprint density at radius 2 is 1.93 bits per heavy atom. The van der Waals surface area contributed by atoms with Gasteiger partial charge in [0.1, 0.15) is 0 Å². The topological polar surface area (TPSA) is 23.5 Å². The monoisotopic (exact) mass is 265 g/mol. The van der Waals surface area contributed by atoms with Crippen molar-refractivity contribution in [1.82, 2.24) is 4.90 Å². The van der Waals surface area contributed by atoms with Crippen LogP contribution in [0.15, 0.2) is 0 Å². The van der Waals surface area contributed by atoms with Crippen molar-refractivity contribution >= 4 is 15.9 Å². The average molecular weight is 266 g/mol. The number of aliphatic hydroxyl groups is 1. The van der Waals surface area contributed by atoms with E-state index in [2.05, 4.69) is 34.7 Å². The van der Waals surface area contributed by atoms with Crippen LogP contribution in [0, 0.1) is 5.92 Å². The number of hydrogen-bond acceptors (Lipinski definition) is 2. The summed E-state index contributed by atoms with van der Waals surface area (Å²) in [6, 6.07) is 0. The number of nitrogens with zero attached hydrogens (tertiary/aromatic N) is 1. The zero-order valence-electron chi connectivity index (χ0n) is 9.51. The van der Waals surface area contributed by atoms with Crippen LogP contribution in [0.1, 0.15) is 33.1 Å². The molecule has 0 fully saturated rings. The van der Waals surface area contributed by atoms with Gasteiger partial charge in [-0.2, -0.15) is 0 Å². The molecule has 0 aromatic rings. The molecule has 1 atom stereocenters. The number of hydrogen-bond donors (Lipinski definition) is 1.